The molecule has 4 rings (SSSR count). The number of rotatable bonds is 2. The summed E-state index contributed by atoms with van der Waals surface area (Å²) in [6.07, 6.45) is 3.30. The lowest BCUT2D eigenvalue weighted by Crippen LogP contribution is -2.34. The predicted molar refractivity (Wildman–Crippen MR) is 91.8 cm³/mol. The second-order valence-corrected chi connectivity index (χ2v) is 6.97. The van der Waals surface area contributed by atoms with Gasteiger partial charge in [0.15, 0.2) is 0 Å². The largest absolute Gasteiger partial charge is 0.347 e. The molecule has 2 amide bonds. The number of carbonyl (C=O) groups excluding carboxylic acids is 2. The fourth-order valence-corrected chi connectivity index (χ4v) is 3.97. The van der Waals surface area contributed by atoms with Crippen molar-refractivity contribution in [2.45, 2.75) is 12.8 Å². The molecule has 2 aliphatic heterocycles. The molecular weight excluding hydrogens is 302 g/mol. The molecule has 2 aliphatic rings. The first kappa shape index (κ1) is 15.0. The minimum atomic E-state index is -0.103. The van der Waals surface area contributed by atoms with Crippen LogP contribution in [0.5, 0.6) is 0 Å². The van der Waals surface area contributed by atoms with Gasteiger partial charge in [-0.3, -0.25) is 9.59 Å². The number of carbonyl (C=O) groups is 2. The SMILES string of the molecule is Cn1cccc1C(=O)N1CC[C@@]2(CC(=O)N(c3ccccc3)C2)C1. The summed E-state index contributed by atoms with van der Waals surface area (Å²) in [5.74, 6) is 0.222. The van der Waals surface area contributed by atoms with Gasteiger partial charge in [-0.15, -0.1) is 0 Å². The number of para-hydroxylation sites is 1. The minimum absolute atomic E-state index is 0.0602. The van der Waals surface area contributed by atoms with E-state index in [2.05, 4.69) is 0 Å². The maximum atomic E-state index is 12.7. The summed E-state index contributed by atoms with van der Waals surface area (Å²) < 4.78 is 1.85. The van der Waals surface area contributed by atoms with Crippen molar-refractivity contribution in [3.63, 3.8) is 0 Å². The van der Waals surface area contributed by atoms with Gasteiger partial charge < -0.3 is 14.4 Å². The number of hydrogen-bond donors (Lipinski definition) is 0. The van der Waals surface area contributed by atoms with Crippen molar-refractivity contribution in [3.8, 4) is 0 Å². The standard InChI is InChI=1S/C19H21N3O2/c1-20-10-5-8-16(20)18(24)21-11-9-19(13-21)12-17(23)22(14-19)15-6-3-2-4-7-15/h2-8,10H,9,11-14H2,1H3/t19-/m1/s1. The third-order valence-corrected chi connectivity index (χ3v) is 5.28. The number of anilines is 1. The van der Waals surface area contributed by atoms with E-state index in [1.807, 2.05) is 70.1 Å². The van der Waals surface area contributed by atoms with E-state index in [1.54, 1.807) is 0 Å². The number of aryl methyl sites for hydroxylation is 1. The Morgan fingerprint density at radius 3 is 2.58 bits per heavy atom. The summed E-state index contributed by atoms with van der Waals surface area (Å²) in [6, 6.07) is 13.5. The molecule has 2 fully saturated rings. The Labute approximate surface area is 141 Å². The number of likely N-dealkylation sites (tertiary alicyclic amines) is 1. The molecule has 5 nitrogen and oxygen atoms in total. The molecule has 2 saturated heterocycles. The first-order valence-corrected chi connectivity index (χ1v) is 8.34. The van der Waals surface area contributed by atoms with E-state index in [0.29, 0.717) is 25.2 Å². The zero-order valence-corrected chi connectivity index (χ0v) is 13.8. The first-order chi connectivity index (χ1) is 11.6. The van der Waals surface area contributed by atoms with E-state index >= 15 is 0 Å². The van der Waals surface area contributed by atoms with E-state index in [9.17, 15) is 9.59 Å². The summed E-state index contributed by atoms with van der Waals surface area (Å²) in [7, 11) is 1.88. The summed E-state index contributed by atoms with van der Waals surface area (Å²) in [5.41, 5.74) is 1.55. The van der Waals surface area contributed by atoms with Crippen LogP contribution in [0.15, 0.2) is 48.7 Å². The fourth-order valence-electron chi connectivity index (χ4n) is 3.97. The van der Waals surface area contributed by atoms with Gasteiger partial charge in [-0.2, -0.15) is 0 Å². The van der Waals surface area contributed by atoms with Gasteiger partial charge in [0.05, 0.1) is 0 Å². The Morgan fingerprint density at radius 2 is 1.88 bits per heavy atom. The third-order valence-electron chi connectivity index (χ3n) is 5.28. The lowest BCUT2D eigenvalue weighted by molar-refractivity contribution is -0.117. The van der Waals surface area contributed by atoms with Crippen molar-refractivity contribution >= 4 is 17.5 Å². The van der Waals surface area contributed by atoms with Gasteiger partial charge in [0, 0.05) is 50.4 Å². The van der Waals surface area contributed by atoms with E-state index in [4.69, 9.17) is 0 Å². The minimum Gasteiger partial charge on any atom is -0.347 e. The van der Waals surface area contributed by atoms with E-state index in [-0.39, 0.29) is 17.2 Å². The monoisotopic (exact) mass is 323 g/mol. The zero-order valence-electron chi connectivity index (χ0n) is 13.8. The average Bonchev–Trinajstić information content (AvgIpc) is 3.28. The molecule has 0 unspecified atom stereocenters. The predicted octanol–water partition coefficient (Wildman–Crippen LogP) is 2.29. The molecule has 1 aromatic heterocycles. The van der Waals surface area contributed by atoms with Crippen LogP contribution < -0.4 is 4.90 Å². The van der Waals surface area contributed by atoms with Crippen LogP contribution in [-0.4, -0.2) is 40.9 Å². The maximum Gasteiger partial charge on any atom is 0.270 e. The normalized spacial score (nSPS) is 23.5. The molecule has 2 aromatic rings. The van der Waals surface area contributed by atoms with Crippen LogP contribution >= 0.6 is 0 Å². The highest BCUT2D eigenvalue weighted by atomic mass is 16.2. The molecule has 3 heterocycles. The van der Waals surface area contributed by atoms with Crippen molar-refractivity contribution in [3.05, 3.63) is 54.4 Å². The fraction of sp³-hybridized carbons (Fsp3) is 0.368. The number of amides is 2. The molecule has 0 saturated carbocycles. The highest BCUT2D eigenvalue weighted by molar-refractivity contribution is 5.97. The molecule has 1 spiro atoms. The molecule has 0 N–H and O–H groups in total. The smallest absolute Gasteiger partial charge is 0.270 e. The Bertz CT molecular complexity index is 783. The van der Waals surface area contributed by atoms with Crippen molar-refractivity contribution in [2.75, 3.05) is 24.5 Å². The third kappa shape index (κ3) is 2.40. The maximum absolute atomic E-state index is 12.7. The van der Waals surface area contributed by atoms with Gasteiger partial charge in [-0.25, -0.2) is 0 Å². The van der Waals surface area contributed by atoms with Gasteiger partial charge in [-0.05, 0) is 30.7 Å². The molecule has 0 radical (unpaired) electrons. The van der Waals surface area contributed by atoms with Crippen LogP contribution in [0.4, 0.5) is 5.69 Å². The lowest BCUT2D eigenvalue weighted by Gasteiger charge is -2.24. The van der Waals surface area contributed by atoms with Crippen LogP contribution in [0.25, 0.3) is 0 Å². The summed E-state index contributed by atoms with van der Waals surface area (Å²) >= 11 is 0. The number of aromatic nitrogens is 1. The van der Waals surface area contributed by atoms with Crippen LogP contribution in [0, 0.1) is 5.41 Å². The molecule has 124 valence electrons. The van der Waals surface area contributed by atoms with Crippen molar-refractivity contribution in [2.24, 2.45) is 12.5 Å². The van der Waals surface area contributed by atoms with Crippen LogP contribution in [0.3, 0.4) is 0 Å². The van der Waals surface area contributed by atoms with Crippen molar-refractivity contribution < 1.29 is 9.59 Å². The average molecular weight is 323 g/mol. The van der Waals surface area contributed by atoms with Gasteiger partial charge in [0.1, 0.15) is 5.69 Å². The highest BCUT2D eigenvalue weighted by Crippen LogP contribution is 2.42. The number of benzene rings is 1. The Morgan fingerprint density at radius 1 is 1.08 bits per heavy atom. The molecule has 1 atom stereocenters. The lowest BCUT2D eigenvalue weighted by atomic mass is 9.86. The first-order valence-electron chi connectivity index (χ1n) is 8.34. The Hall–Kier alpha value is -2.56. The Balaban J connectivity index is 1.51. The zero-order chi connectivity index (χ0) is 16.7. The van der Waals surface area contributed by atoms with Gasteiger partial charge in [0.25, 0.3) is 5.91 Å². The topological polar surface area (TPSA) is 45.6 Å². The van der Waals surface area contributed by atoms with Gasteiger partial charge in [0.2, 0.25) is 5.91 Å². The molecule has 5 heteroatoms. The highest BCUT2D eigenvalue weighted by Gasteiger charge is 2.48. The molecular formula is C19H21N3O2. The quantitative estimate of drug-likeness (QED) is 0.851. The molecule has 1 aromatic carbocycles. The molecule has 0 aliphatic carbocycles. The summed E-state index contributed by atoms with van der Waals surface area (Å²) in [4.78, 5) is 29.0. The van der Waals surface area contributed by atoms with E-state index in [0.717, 1.165) is 18.7 Å². The van der Waals surface area contributed by atoms with E-state index < -0.39 is 0 Å². The van der Waals surface area contributed by atoms with E-state index in [1.165, 1.54) is 0 Å². The van der Waals surface area contributed by atoms with Crippen LogP contribution in [0.1, 0.15) is 23.3 Å². The summed E-state index contributed by atoms with van der Waals surface area (Å²) in [5, 5.41) is 0. The molecule has 24 heavy (non-hydrogen) atoms. The van der Waals surface area contributed by atoms with Crippen molar-refractivity contribution in [1.82, 2.24) is 9.47 Å². The molecule has 0 bridgehead atoms. The summed E-state index contributed by atoms with van der Waals surface area (Å²) in [6.45, 7) is 2.08. The number of hydrogen-bond acceptors (Lipinski definition) is 2. The van der Waals surface area contributed by atoms with Gasteiger partial charge in [-0.1, -0.05) is 18.2 Å². The second-order valence-electron chi connectivity index (χ2n) is 6.97. The van der Waals surface area contributed by atoms with Crippen LogP contribution in [-0.2, 0) is 11.8 Å². The van der Waals surface area contributed by atoms with Gasteiger partial charge >= 0.3 is 0 Å². The van der Waals surface area contributed by atoms with Crippen molar-refractivity contribution in [1.29, 1.82) is 0 Å². The second kappa shape index (κ2) is 5.51. The van der Waals surface area contributed by atoms with Crippen LogP contribution in [0.2, 0.25) is 0 Å². The number of nitrogens with zero attached hydrogens (tertiary/aromatic N) is 3. The Kier molecular flexibility index (Phi) is 3.44.